The van der Waals surface area contributed by atoms with Gasteiger partial charge in [-0.1, -0.05) is 16.4 Å². The number of benzene rings is 1. The Kier molecular flexibility index (Phi) is 6.55. The van der Waals surface area contributed by atoms with Crippen LogP contribution in [0, 0.1) is 6.92 Å². The van der Waals surface area contributed by atoms with Gasteiger partial charge in [-0.2, -0.15) is 0 Å². The van der Waals surface area contributed by atoms with Gasteiger partial charge in [0.05, 0.1) is 5.52 Å². The molecule has 3 heterocycles. The predicted octanol–water partition coefficient (Wildman–Crippen LogP) is 3.14. The lowest BCUT2D eigenvalue weighted by molar-refractivity contribution is 0.278. The topological polar surface area (TPSA) is 67.4 Å². The molecule has 0 amide bonds. The molecule has 1 fully saturated rings. The summed E-state index contributed by atoms with van der Waals surface area (Å²) in [4.78, 5) is 19.2. The fraction of sp³-hybridized carbons (Fsp3) is 0.500. The molecular weight excluding hydrogens is 398 g/mol. The normalized spacial score (nSPS) is 14.9. The number of nitrogens with zero attached hydrogens (tertiary/aromatic N) is 5. The lowest BCUT2D eigenvalue weighted by Crippen LogP contribution is -2.32. The molecule has 1 aliphatic rings. The monoisotopic (exact) mass is 427 g/mol. The summed E-state index contributed by atoms with van der Waals surface area (Å²) in [6.07, 6.45) is 4.58. The third kappa shape index (κ3) is 4.61. The van der Waals surface area contributed by atoms with Crippen molar-refractivity contribution in [3.05, 3.63) is 51.6 Å². The van der Waals surface area contributed by atoms with Gasteiger partial charge in [0.15, 0.2) is 0 Å². The molecule has 0 saturated carbocycles. The second kappa shape index (κ2) is 9.32. The van der Waals surface area contributed by atoms with Crippen molar-refractivity contribution in [2.24, 2.45) is 0 Å². The molecule has 1 aliphatic heterocycles. The van der Waals surface area contributed by atoms with Crippen molar-refractivity contribution in [2.75, 3.05) is 32.9 Å². The summed E-state index contributed by atoms with van der Waals surface area (Å²) in [5.41, 5.74) is 3.51. The van der Waals surface area contributed by atoms with Crippen LogP contribution >= 0.6 is 11.8 Å². The van der Waals surface area contributed by atoms with E-state index >= 15 is 0 Å². The summed E-state index contributed by atoms with van der Waals surface area (Å²) < 4.78 is 6.77. The minimum absolute atomic E-state index is 0.0989. The maximum absolute atomic E-state index is 13.5. The third-order valence-electron chi connectivity index (χ3n) is 5.82. The lowest BCUT2D eigenvalue weighted by atomic mass is 10.1. The van der Waals surface area contributed by atoms with Crippen molar-refractivity contribution in [3.8, 4) is 0 Å². The largest absolute Gasteiger partial charge is 0.307 e. The molecule has 160 valence electrons. The summed E-state index contributed by atoms with van der Waals surface area (Å²) in [6.45, 7) is 6.93. The van der Waals surface area contributed by atoms with Crippen LogP contribution in [0.1, 0.15) is 29.8 Å². The van der Waals surface area contributed by atoms with Gasteiger partial charge in [0, 0.05) is 36.6 Å². The Labute approximate surface area is 181 Å². The number of hydrogen-bond acceptors (Lipinski definition) is 7. The van der Waals surface area contributed by atoms with E-state index in [4.69, 9.17) is 4.63 Å². The highest BCUT2D eigenvalue weighted by molar-refractivity contribution is 7.98. The number of hydrogen-bond donors (Lipinski definition) is 0. The molecule has 4 rings (SSSR count). The van der Waals surface area contributed by atoms with Crippen LogP contribution in [-0.4, -0.2) is 57.6 Å². The first-order valence-electron chi connectivity index (χ1n) is 10.4. The van der Waals surface area contributed by atoms with E-state index in [0.717, 1.165) is 54.0 Å². The molecule has 1 saturated heterocycles. The van der Waals surface area contributed by atoms with Crippen LogP contribution in [0.4, 0.5) is 0 Å². The zero-order valence-electron chi connectivity index (χ0n) is 17.9. The quantitative estimate of drug-likeness (QED) is 0.512. The highest BCUT2D eigenvalue weighted by Gasteiger charge is 2.16. The molecule has 0 radical (unpaired) electrons. The van der Waals surface area contributed by atoms with Crippen LogP contribution < -0.4 is 5.56 Å². The van der Waals surface area contributed by atoms with E-state index < -0.39 is 0 Å². The molecule has 0 N–H and O–H groups in total. The standard InChI is InChI=1S/C22H29N5O2S/c1-16-20(24-29-23-16)15-25(2)14-18-12-17-6-7-19(30-3)13-21(17)27(22(18)28)11-10-26-8-4-5-9-26/h6-7,12-13H,4-5,8-11,14-15H2,1-3H3. The molecule has 0 unspecified atom stereocenters. The van der Waals surface area contributed by atoms with Gasteiger partial charge >= 0.3 is 0 Å². The molecule has 2 aromatic heterocycles. The maximum atomic E-state index is 13.5. The Bertz CT molecular complexity index is 1070. The first kappa shape index (κ1) is 21.1. The van der Waals surface area contributed by atoms with Crippen LogP contribution in [0.15, 0.2) is 38.6 Å². The van der Waals surface area contributed by atoms with Gasteiger partial charge in [-0.15, -0.1) is 11.8 Å². The van der Waals surface area contributed by atoms with E-state index in [0.29, 0.717) is 13.1 Å². The highest BCUT2D eigenvalue weighted by Crippen LogP contribution is 2.22. The summed E-state index contributed by atoms with van der Waals surface area (Å²) >= 11 is 1.70. The fourth-order valence-corrected chi connectivity index (χ4v) is 4.55. The van der Waals surface area contributed by atoms with Crippen LogP contribution in [0.3, 0.4) is 0 Å². The zero-order chi connectivity index (χ0) is 21.1. The third-order valence-corrected chi connectivity index (χ3v) is 6.55. The van der Waals surface area contributed by atoms with Gasteiger partial charge in [0.25, 0.3) is 5.56 Å². The molecule has 1 aromatic carbocycles. The summed E-state index contributed by atoms with van der Waals surface area (Å²) in [5, 5.41) is 8.91. The predicted molar refractivity (Wildman–Crippen MR) is 120 cm³/mol. The van der Waals surface area contributed by atoms with Gasteiger partial charge in [-0.05, 0) is 69.7 Å². The number of aryl methyl sites for hydroxylation is 1. The average molecular weight is 428 g/mol. The molecule has 8 heteroatoms. The second-order valence-corrected chi connectivity index (χ2v) is 8.95. The number of aromatic nitrogens is 3. The molecule has 0 bridgehead atoms. The van der Waals surface area contributed by atoms with Crippen LogP contribution in [0.25, 0.3) is 10.9 Å². The molecule has 30 heavy (non-hydrogen) atoms. The van der Waals surface area contributed by atoms with E-state index in [-0.39, 0.29) is 5.56 Å². The summed E-state index contributed by atoms with van der Waals surface area (Å²) in [6, 6.07) is 8.43. The Hall–Kier alpha value is -2.16. The minimum Gasteiger partial charge on any atom is -0.307 e. The lowest BCUT2D eigenvalue weighted by Gasteiger charge is -2.20. The molecule has 0 atom stereocenters. The van der Waals surface area contributed by atoms with Gasteiger partial charge < -0.3 is 9.47 Å². The molecule has 7 nitrogen and oxygen atoms in total. The Balaban J connectivity index is 1.64. The van der Waals surface area contributed by atoms with Crippen molar-refractivity contribution < 1.29 is 4.63 Å². The van der Waals surface area contributed by atoms with Gasteiger partial charge in [0.2, 0.25) is 0 Å². The number of thioether (sulfide) groups is 1. The summed E-state index contributed by atoms with van der Waals surface area (Å²) in [5.74, 6) is 0. The maximum Gasteiger partial charge on any atom is 0.255 e. The van der Waals surface area contributed by atoms with Gasteiger partial charge in [0.1, 0.15) is 11.4 Å². The van der Waals surface area contributed by atoms with E-state index in [9.17, 15) is 4.79 Å². The van der Waals surface area contributed by atoms with Crippen molar-refractivity contribution >= 4 is 22.7 Å². The van der Waals surface area contributed by atoms with E-state index in [1.54, 1.807) is 11.8 Å². The second-order valence-electron chi connectivity index (χ2n) is 8.07. The van der Waals surface area contributed by atoms with Crippen LogP contribution in [0.5, 0.6) is 0 Å². The number of pyridine rings is 1. The van der Waals surface area contributed by atoms with Gasteiger partial charge in [-0.3, -0.25) is 9.69 Å². The SMILES string of the molecule is CSc1ccc2cc(CN(C)Cc3nonc3C)c(=O)n(CCN3CCCC3)c2c1. The van der Waals surface area contributed by atoms with Gasteiger partial charge in [-0.25, -0.2) is 4.63 Å². The first-order chi connectivity index (χ1) is 14.5. The smallest absolute Gasteiger partial charge is 0.255 e. The highest BCUT2D eigenvalue weighted by atomic mass is 32.2. The van der Waals surface area contributed by atoms with Crippen LogP contribution in [0.2, 0.25) is 0 Å². The minimum atomic E-state index is 0.0989. The Morgan fingerprint density at radius 2 is 1.93 bits per heavy atom. The molecular formula is C22H29N5O2S. The van der Waals surface area contributed by atoms with Crippen molar-refractivity contribution in [3.63, 3.8) is 0 Å². The first-order valence-corrected chi connectivity index (χ1v) is 11.7. The van der Waals surface area contributed by atoms with E-state index in [2.05, 4.69) is 44.6 Å². The average Bonchev–Trinajstić information content (AvgIpc) is 3.40. The number of likely N-dealkylation sites (tertiary alicyclic amines) is 1. The fourth-order valence-electron chi connectivity index (χ4n) is 4.12. The molecule has 0 spiro atoms. The van der Waals surface area contributed by atoms with Crippen LogP contribution in [-0.2, 0) is 19.6 Å². The van der Waals surface area contributed by atoms with Crippen molar-refractivity contribution in [1.82, 2.24) is 24.7 Å². The molecule has 3 aromatic rings. The number of rotatable bonds is 8. The molecule has 0 aliphatic carbocycles. The van der Waals surface area contributed by atoms with E-state index in [1.807, 2.05) is 24.6 Å². The van der Waals surface area contributed by atoms with Crippen molar-refractivity contribution in [1.29, 1.82) is 0 Å². The van der Waals surface area contributed by atoms with Crippen molar-refractivity contribution in [2.45, 2.75) is 44.3 Å². The summed E-state index contributed by atoms with van der Waals surface area (Å²) in [7, 11) is 1.99. The Morgan fingerprint density at radius 1 is 1.13 bits per heavy atom. The Morgan fingerprint density at radius 3 is 2.63 bits per heavy atom. The number of fused-ring (bicyclic) bond motifs is 1. The zero-order valence-corrected chi connectivity index (χ0v) is 18.7. The van der Waals surface area contributed by atoms with E-state index in [1.165, 1.54) is 17.7 Å².